The molecule has 0 heterocycles. The van der Waals surface area contributed by atoms with Gasteiger partial charge in [0.05, 0.1) is 11.3 Å². The van der Waals surface area contributed by atoms with Crippen molar-refractivity contribution in [2.45, 2.75) is 18.9 Å². The third kappa shape index (κ3) is 1.85. The molecule has 1 aromatic carbocycles. The van der Waals surface area contributed by atoms with E-state index in [2.05, 4.69) is 0 Å². The molecule has 1 aliphatic carbocycles. The molecule has 16 heavy (non-hydrogen) atoms. The van der Waals surface area contributed by atoms with Gasteiger partial charge in [0.25, 0.3) is 5.91 Å². The van der Waals surface area contributed by atoms with E-state index >= 15 is 0 Å². The molecule has 5 heteroatoms. The Hall–Kier alpha value is -1.65. The Kier molecular flexibility index (Phi) is 2.53. The van der Waals surface area contributed by atoms with Crippen LogP contribution in [0.2, 0.25) is 0 Å². The first-order chi connectivity index (χ1) is 7.50. The number of nitrogen functional groups attached to an aromatic ring is 1. The second-order valence-corrected chi connectivity index (χ2v) is 4.00. The van der Waals surface area contributed by atoms with Crippen molar-refractivity contribution in [2.24, 2.45) is 0 Å². The summed E-state index contributed by atoms with van der Waals surface area (Å²) in [5, 5.41) is 0. The van der Waals surface area contributed by atoms with Crippen molar-refractivity contribution in [2.75, 3.05) is 12.8 Å². The number of rotatable bonds is 2. The molecule has 3 nitrogen and oxygen atoms in total. The number of carbonyl (C=O) groups is 1. The lowest BCUT2D eigenvalue weighted by molar-refractivity contribution is 0.0780. The fourth-order valence-electron chi connectivity index (χ4n) is 1.54. The summed E-state index contributed by atoms with van der Waals surface area (Å²) in [5.74, 6) is -2.05. The van der Waals surface area contributed by atoms with Gasteiger partial charge in [-0.1, -0.05) is 0 Å². The van der Waals surface area contributed by atoms with Gasteiger partial charge in [0.2, 0.25) is 0 Å². The molecule has 0 unspecified atom stereocenters. The predicted molar refractivity (Wildman–Crippen MR) is 55.9 cm³/mol. The number of anilines is 1. The lowest BCUT2D eigenvalue weighted by Gasteiger charge is -2.16. The van der Waals surface area contributed by atoms with Gasteiger partial charge in [-0.3, -0.25) is 4.79 Å². The summed E-state index contributed by atoms with van der Waals surface area (Å²) < 4.78 is 26.6. The third-order valence-electron chi connectivity index (χ3n) is 2.73. The molecule has 0 aromatic heterocycles. The number of benzene rings is 1. The Morgan fingerprint density at radius 1 is 1.38 bits per heavy atom. The maximum absolute atomic E-state index is 13.4. The molecule has 1 fully saturated rings. The number of nitrogens with two attached hydrogens (primary N) is 1. The molecule has 2 rings (SSSR count). The van der Waals surface area contributed by atoms with Crippen molar-refractivity contribution >= 4 is 11.6 Å². The minimum atomic E-state index is -0.781. The van der Waals surface area contributed by atoms with Gasteiger partial charge >= 0.3 is 0 Å². The maximum Gasteiger partial charge on any atom is 0.256 e. The van der Waals surface area contributed by atoms with E-state index in [9.17, 15) is 13.6 Å². The van der Waals surface area contributed by atoms with Crippen molar-refractivity contribution in [3.05, 3.63) is 29.3 Å². The van der Waals surface area contributed by atoms with Crippen LogP contribution in [0.3, 0.4) is 0 Å². The summed E-state index contributed by atoms with van der Waals surface area (Å²) in [5.41, 5.74) is 4.65. The lowest BCUT2D eigenvalue weighted by Crippen LogP contribution is -2.29. The number of nitrogens with zero attached hydrogens (tertiary/aromatic N) is 1. The zero-order chi connectivity index (χ0) is 11.9. The molecule has 1 amide bonds. The van der Waals surface area contributed by atoms with Gasteiger partial charge in [-0.05, 0) is 18.9 Å². The van der Waals surface area contributed by atoms with E-state index in [0.717, 1.165) is 25.0 Å². The zero-order valence-electron chi connectivity index (χ0n) is 8.84. The SMILES string of the molecule is CN(C(=O)c1cc(F)c(N)cc1F)C1CC1. The number of amides is 1. The van der Waals surface area contributed by atoms with Gasteiger partial charge in [0.15, 0.2) is 0 Å². The molecule has 0 bridgehead atoms. The largest absolute Gasteiger partial charge is 0.396 e. The molecule has 0 saturated heterocycles. The quantitative estimate of drug-likeness (QED) is 0.781. The smallest absolute Gasteiger partial charge is 0.256 e. The van der Waals surface area contributed by atoms with Gasteiger partial charge in [0.1, 0.15) is 11.6 Å². The van der Waals surface area contributed by atoms with Crippen LogP contribution in [0.1, 0.15) is 23.2 Å². The predicted octanol–water partition coefficient (Wildman–Crippen LogP) is 1.78. The van der Waals surface area contributed by atoms with Crippen molar-refractivity contribution in [3.8, 4) is 0 Å². The molecule has 0 spiro atoms. The van der Waals surface area contributed by atoms with Crippen LogP contribution < -0.4 is 5.73 Å². The van der Waals surface area contributed by atoms with E-state index in [0.29, 0.717) is 0 Å². The van der Waals surface area contributed by atoms with Crippen LogP contribution in [0.15, 0.2) is 12.1 Å². The second-order valence-electron chi connectivity index (χ2n) is 4.00. The highest BCUT2D eigenvalue weighted by Crippen LogP contribution is 2.27. The lowest BCUT2D eigenvalue weighted by atomic mass is 10.1. The van der Waals surface area contributed by atoms with E-state index in [1.807, 2.05) is 0 Å². The topological polar surface area (TPSA) is 46.3 Å². The summed E-state index contributed by atoms with van der Waals surface area (Å²) in [6, 6.07) is 1.85. The molecular formula is C11H12F2N2O. The summed E-state index contributed by atoms with van der Waals surface area (Å²) in [6.45, 7) is 0. The Labute approximate surface area is 91.8 Å². The third-order valence-corrected chi connectivity index (χ3v) is 2.73. The van der Waals surface area contributed by atoms with E-state index in [4.69, 9.17) is 5.73 Å². The average molecular weight is 226 g/mol. The molecule has 0 radical (unpaired) electrons. The number of hydrogen-bond acceptors (Lipinski definition) is 2. The van der Waals surface area contributed by atoms with Gasteiger partial charge < -0.3 is 10.6 Å². The molecule has 1 saturated carbocycles. The van der Waals surface area contributed by atoms with Crippen LogP contribution in [0.4, 0.5) is 14.5 Å². The molecule has 86 valence electrons. The zero-order valence-corrected chi connectivity index (χ0v) is 8.84. The summed E-state index contributed by atoms with van der Waals surface area (Å²) in [7, 11) is 1.59. The van der Waals surface area contributed by atoms with Crippen molar-refractivity contribution in [3.63, 3.8) is 0 Å². The fraction of sp³-hybridized carbons (Fsp3) is 0.364. The Morgan fingerprint density at radius 2 is 2.00 bits per heavy atom. The van der Waals surface area contributed by atoms with Gasteiger partial charge in [-0.25, -0.2) is 8.78 Å². The Bertz CT molecular complexity index is 444. The normalized spacial score (nSPS) is 14.9. The van der Waals surface area contributed by atoms with Crippen LogP contribution in [-0.4, -0.2) is 23.9 Å². The van der Waals surface area contributed by atoms with Crippen molar-refractivity contribution < 1.29 is 13.6 Å². The van der Waals surface area contributed by atoms with Crippen LogP contribution in [0, 0.1) is 11.6 Å². The molecule has 1 aliphatic rings. The van der Waals surface area contributed by atoms with E-state index in [-0.39, 0.29) is 17.3 Å². The number of carbonyl (C=O) groups excluding carboxylic acids is 1. The van der Waals surface area contributed by atoms with Crippen LogP contribution in [-0.2, 0) is 0 Å². The second kappa shape index (κ2) is 3.73. The standard InChI is InChI=1S/C11H12F2N2O/c1-15(6-2-3-6)11(16)7-4-9(13)10(14)5-8(7)12/h4-6H,2-3,14H2,1H3. The first-order valence-corrected chi connectivity index (χ1v) is 5.02. The maximum atomic E-state index is 13.4. The number of halogens is 2. The molecule has 1 aromatic rings. The first kappa shape index (κ1) is 10.9. The monoisotopic (exact) mass is 226 g/mol. The number of hydrogen-bond donors (Lipinski definition) is 1. The fourth-order valence-corrected chi connectivity index (χ4v) is 1.54. The van der Waals surface area contributed by atoms with Gasteiger partial charge in [-0.15, -0.1) is 0 Å². The van der Waals surface area contributed by atoms with Crippen LogP contribution in [0.25, 0.3) is 0 Å². The highest BCUT2D eigenvalue weighted by molar-refractivity contribution is 5.95. The first-order valence-electron chi connectivity index (χ1n) is 5.02. The highest BCUT2D eigenvalue weighted by atomic mass is 19.1. The minimum absolute atomic E-state index is 0.160. The van der Waals surface area contributed by atoms with Crippen molar-refractivity contribution in [1.82, 2.24) is 4.90 Å². The average Bonchev–Trinajstić information content (AvgIpc) is 3.05. The van der Waals surface area contributed by atoms with Crippen LogP contribution in [0.5, 0.6) is 0 Å². The van der Waals surface area contributed by atoms with E-state index in [1.165, 1.54) is 4.90 Å². The minimum Gasteiger partial charge on any atom is -0.396 e. The Morgan fingerprint density at radius 3 is 2.56 bits per heavy atom. The molecule has 2 N–H and O–H groups in total. The summed E-state index contributed by atoms with van der Waals surface area (Å²) in [4.78, 5) is 13.2. The summed E-state index contributed by atoms with van der Waals surface area (Å²) in [6.07, 6.45) is 1.84. The van der Waals surface area contributed by atoms with Gasteiger partial charge in [-0.2, -0.15) is 0 Å². The highest BCUT2D eigenvalue weighted by Gasteiger charge is 2.31. The van der Waals surface area contributed by atoms with E-state index in [1.54, 1.807) is 7.05 Å². The molecule has 0 aliphatic heterocycles. The van der Waals surface area contributed by atoms with Crippen LogP contribution >= 0.6 is 0 Å². The molecule has 0 atom stereocenters. The summed E-state index contributed by atoms with van der Waals surface area (Å²) >= 11 is 0. The van der Waals surface area contributed by atoms with E-state index < -0.39 is 17.5 Å². The van der Waals surface area contributed by atoms with Gasteiger partial charge in [0, 0.05) is 19.2 Å². The van der Waals surface area contributed by atoms with Crippen molar-refractivity contribution in [1.29, 1.82) is 0 Å². The Balaban J connectivity index is 2.32. The molecular weight excluding hydrogens is 214 g/mol.